The number of aromatic nitrogens is 2. The van der Waals surface area contributed by atoms with Gasteiger partial charge in [0, 0.05) is 25.4 Å². The van der Waals surface area contributed by atoms with Crippen LogP contribution in [0.25, 0.3) is 0 Å². The number of likely N-dealkylation sites (N-methyl/N-ethyl adjacent to an activating group) is 1. The van der Waals surface area contributed by atoms with E-state index in [2.05, 4.69) is 20.5 Å². The van der Waals surface area contributed by atoms with Gasteiger partial charge >= 0.3 is 17.8 Å². The highest BCUT2D eigenvalue weighted by atomic mass is 32.1. The molecule has 0 aliphatic heterocycles. The Kier molecular flexibility index (Phi) is 6.47. The molecule has 10 heteroatoms. The Morgan fingerprint density at radius 3 is 2.65 bits per heavy atom. The van der Waals surface area contributed by atoms with E-state index in [-0.39, 0.29) is 23.2 Å². The largest absolute Gasteiger partial charge is 0.465 e. The number of amides is 2. The van der Waals surface area contributed by atoms with Gasteiger partial charge in [-0.1, -0.05) is 0 Å². The molecule has 140 valence electrons. The molecule has 9 nitrogen and oxygen atoms in total. The minimum absolute atomic E-state index is 0.132. The maximum Gasteiger partial charge on any atom is 0.350 e. The summed E-state index contributed by atoms with van der Waals surface area (Å²) in [6.07, 6.45) is 3.57. The molecule has 2 amide bonds. The summed E-state index contributed by atoms with van der Waals surface area (Å²) >= 11 is 1.12. The molecular weight excluding hydrogens is 358 g/mol. The van der Waals surface area contributed by atoms with Crippen LogP contribution in [0.5, 0.6) is 0 Å². The first-order chi connectivity index (χ1) is 12.3. The summed E-state index contributed by atoms with van der Waals surface area (Å²) in [6, 6.07) is 1.41. The van der Waals surface area contributed by atoms with Crippen LogP contribution in [0, 0.1) is 0 Å². The average Bonchev–Trinajstić information content (AvgIpc) is 3.23. The molecule has 2 N–H and O–H groups in total. The average molecular weight is 379 g/mol. The molecule has 2 heterocycles. The zero-order chi connectivity index (χ0) is 19.3. The lowest BCUT2D eigenvalue weighted by Crippen LogP contribution is -2.40. The summed E-state index contributed by atoms with van der Waals surface area (Å²) in [6.45, 7) is 0.235. The van der Waals surface area contributed by atoms with Gasteiger partial charge in [-0.15, -0.1) is 11.3 Å². The van der Waals surface area contributed by atoms with Gasteiger partial charge in [0.1, 0.15) is 4.88 Å². The van der Waals surface area contributed by atoms with E-state index < -0.39 is 17.8 Å². The van der Waals surface area contributed by atoms with Gasteiger partial charge in [-0.2, -0.15) is 5.10 Å². The molecule has 2 aromatic rings. The molecule has 0 saturated carbocycles. The third kappa shape index (κ3) is 4.67. The van der Waals surface area contributed by atoms with Crippen molar-refractivity contribution in [3.8, 4) is 0 Å². The number of ether oxygens (including phenoxy) is 1. The highest BCUT2D eigenvalue weighted by Gasteiger charge is 2.22. The van der Waals surface area contributed by atoms with Crippen LogP contribution in [0.1, 0.15) is 21.3 Å². The Hall–Kier alpha value is -2.72. The molecule has 2 aromatic heterocycles. The number of carbonyl (C=O) groups is 3. The Morgan fingerprint density at radius 1 is 1.35 bits per heavy atom. The van der Waals surface area contributed by atoms with Crippen molar-refractivity contribution in [3.05, 3.63) is 34.3 Å². The second-order valence-electron chi connectivity index (χ2n) is 5.75. The van der Waals surface area contributed by atoms with Gasteiger partial charge in [0.2, 0.25) is 0 Å². The lowest BCUT2D eigenvalue weighted by atomic mass is 10.1. The number of nitrogens with one attached hydrogen (secondary N) is 2. The maximum atomic E-state index is 12.1. The van der Waals surface area contributed by atoms with Gasteiger partial charge in [-0.3, -0.25) is 14.3 Å². The number of esters is 1. The zero-order valence-corrected chi connectivity index (χ0v) is 15.8. The van der Waals surface area contributed by atoms with E-state index >= 15 is 0 Å². The third-order valence-electron chi connectivity index (χ3n) is 3.68. The van der Waals surface area contributed by atoms with Crippen molar-refractivity contribution in [1.29, 1.82) is 0 Å². The second-order valence-corrected chi connectivity index (χ2v) is 6.66. The molecule has 0 aliphatic carbocycles. The molecule has 0 aliphatic rings. The first-order valence-electron chi connectivity index (χ1n) is 7.73. The summed E-state index contributed by atoms with van der Waals surface area (Å²) in [7, 11) is 6.80. The highest BCUT2D eigenvalue weighted by Crippen LogP contribution is 2.23. The van der Waals surface area contributed by atoms with Crippen LogP contribution >= 0.6 is 11.3 Å². The van der Waals surface area contributed by atoms with E-state index in [1.165, 1.54) is 7.11 Å². The number of thiophene rings is 1. The molecule has 0 radical (unpaired) electrons. The second kappa shape index (κ2) is 8.59. The number of anilines is 1. The minimum Gasteiger partial charge on any atom is -0.465 e. The van der Waals surface area contributed by atoms with Crippen LogP contribution in [0.15, 0.2) is 23.8 Å². The van der Waals surface area contributed by atoms with E-state index in [0.717, 1.165) is 16.9 Å². The zero-order valence-electron chi connectivity index (χ0n) is 15.0. The fourth-order valence-electron chi connectivity index (χ4n) is 2.32. The fraction of sp³-hybridized carbons (Fsp3) is 0.375. The Morgan fingerprint density at radius 2 is 2.08 bits per heavy atom. The lowest BCUT2D eigenvalue weighted by Gasteiger charge is -2.23. The Labute approximate surface area is 154 Å². The highest BCUT2D eigenvalue weighted by molar-refractivity contribution is 7.12. The van der Waals surface area contributed by atoms with Crippen LogP contribution in [0.4, 0.5) is 5.69 Å². The van der Waals surface area contributed by atoms with Gasteiger partial charge in [-0.25, -0.2) is 4.79 Å². The molecule has 0 spiro atoms. The molecule has 0 unspecified atom stereocenters. The topological polar surface area (TPSA) is 106 Å². The summed E-state index contributed by atoms with van der Waals surface area (Å²) in [5.41, 5.74) is 1.17. The van der Waals surface area contributed by atoms with Gasteiger partial charge in [-0.05, 0) is 25.5 Å². The van der Waals surface area contributed by atoms with Crippen molar-refractivity contribution >= 4 is 34.8 Å². The number of rotatable bonds is 6. The number of nitrogens with zero attached hydrogens (tertiary/aromatic N) is 3. The standard InChI is InChI=1S/C16H21N5O4S/c1-20(2)12(10-7-18-21(3)9-10)8-17-14(22)15(23)19-11-5-6-26-13(11)16(24)25-4/h5-7,9,12H,8H2,1-4H3,(H,17,22)(H,19,23)/t12-/m0/s1. The molecule has 2 rings (SSSR count). The SMILES string of the molecule is COC(=O)c1sccc1NC(=O)C(=O)NC[C@@H](c1cnn(C)c1)N(C)C. The summed E-state index contributed by atoms with van der Waals surface area (Å²) in [5.74, 6) is -2.21. The molecule has 0 aromatic carbocycles. The molecule has 0 fully saturated rings. The van der Waals surface area contributed by atoms with E-state index in [0.29, 0.717) is 0 Å². The van der Waals surface area contributed by atoms with Crippen molar-refractivity contribution in [2.75, 3.05) is 33.1 Å². The monoisotopic (exact) mass is 379 g/mol. The summed E-state index contributed by atoms with van der Waals surface area (Å²) in [5, 5.41) is 10.8. The summed E-state index contributed by atoms with van der Waals surface area (Å²) in [4.78, 5) is 38.0. The van der Waals surface area contributed by atoms with Crippen LogP contribution < -0.4 is 10.6 Å². The Balaban J connectivity index is 1.97. The summed E-state index contributed by atoms with van der Waals surface area (Å²) < 4.78 is 6.31. The molecular formula is C16H21N5O4S. The molecule has 0 bridgehead atoms. The van der Waals surface area contributed by atoms with E-state index in [1.807, 2.05) is 32.2 Å². The maximum absolute atomic E-state index is 12.1. The first-order valence-corrected chi connectivity index (χ1v) is 8.61. The van der Waals surface area contributed by atoms with Crippen molar-refractivity contribution in [2.45, 2.75) is 6.04 Å². The van der Waals surface area contributed by atoms with E-state index in [9.17, 15) is 14.4 Å². The van der Waals surface area contributed by atoms with Gasteiger partial charge in [0.05, 0.1) is 25.0 Å². The van der Waals surface area contributed by atoms with E-state index in [4.69, 9.17) is 0 Å². The minimum atomic E-state index is -0.850. The smallest absolute Gasteiger partial charge is 0.350 e. The first kappa shape index (κ1) is 19.6. The van der Waals surface area contributed by atoms with Crippen LogP contribution in [-0.4, -0.2) is 60.2 Å². The van der Waals surface area contributed by atoms with Crippen LogP contribution in [0.2, 0.25) is 0 Å². The number of hydrogen-bond acceptors (Lipinski definition) is 7. The van der Waals surface area contributed by atoms with Gasteiger partial charge in [0.25, 0.3) is 0 Å². The van der Waals surface area contributed by atoms with Crippen molar-refractivity contribution in [3.63, 3.8) is 0 Å². The molecule has 0 saturated heterocycles. The molecule has 26 heavy (non-hydrogen) atoms. The third-order valence-corrected chi connectivity index (χ3v) is 4.57. The van der Waals surface area contributed by atoms with Crippen molar-refractivity contribution in [2.24, 2.45) is 7.05 Å². The Bertz CT molecular complexity index is 798. The lowest BCUT2D eigenvalue weighted by molar-refractivity contribution is -0.136. The number of carbonyl (C=O) groups excluding carboxylic acids is 3. The van der Waals surface area contributed by atoms with E-state index in [1.54, 1.807) is 22.3 Å². The van der Waals surface area contributed by atoms with Crippen molar-refractivity contribution in [1.82, 2.24) is 20.0 Å². The molecule has 1 atom stereocenters. The van der Waals surface area contributed by atoms with Crippen LogP contribution in [0.3, 0.4) is 0 Å². The van der Waals surface area contributed by atoms with Gasteiger partial charge in [0.15, 0.2) is 0 Å². The fourth-order valence-corrected chi connectivity index (χ4v) is 3.08. The number of hydrogen-bond donors (Lipinski definition) is 2. The van der Waals surface area contributed by atoms with Gasteiger partial charge < -0.3 is 20.3 Å². The normalized spacial score (nSPS) is 11.9. The predicted octanol–water partition coefficient (Wildman–Crippen LogP) is 0.626. The van der Waals surface area contributed by atoms with Crippen molar-refractivity contribution < 1.29 is 19.1 Å². The quantitative estimate of drug-likeness (QED) is 0.563. The predicted molar refractivity (Wildman–Crippen MR) is 96.9 cm³/mol. The van der Waals surface area contributed by atoms with Crippen LogP contribution in [-0.2, 0) is 21.4 Å². The number of methoxy groups -OCH3 is 1. The number of aryl methyl sites for hydroxylation is 1.